The summed E-state index contributed by atoms with van der Waals surface area (Å²) in [4.78, 5) is 4.53. The Bertz CT molecular complexity index is 558. The van der Waals surface area contributed by atoms with Crippen molar-refractivity contribution in [3.8, 4) is 0 Å². The van der Waals surface area contributed by atoms with Crippen LogP contribution in [0.25, 0.3) is 10.2 Å². The van der Waals surface area contributed by atoms with Crippen molar-refractivity contribution in [3.63, 3.8) is 0 Å². The van der Waals surface area contributed by atoms with E-state index in [9.17, 15) is 5.11 Å². The number of pyridine rings is 1. The van der Waals surface area contributed by atoms with Crippen molar-refractivity contribution in [2.75, 3.05) is 0 Å². The number of hydrogen-bond donors (Lipinski definition) is 1. The number of thiophene rings is 1. The van der Waals surface area contributed by atoms with Gasteiger partial charge in [0.25, 0.3) is 0 Å². The average Bonchev–Trinajstić information content (AvgIpc) is 2.84. The van der Waals surface area contributed by atoms with Crippen LogP contribution < -0.4 is 0 Å². The van der Waals surface area contributed by atoms with E-state index < -0.39 is 0 Å². The molecule has 1 saturated carbocycles. The molecule has 1 aliphatic rings. The zero-order chi connectivity index (χ0) is 12.8. The van der Waals surface area contributed by atoms with Crippen LogP contribution in [0.5, 0.6) is 0 Å². The predicted molar refractivity (Wildman–Crippen MR) is 76.0 cm³/mol. The van der Waals surface area contributed by atoms with Crippen LogP contribution in [0.1, 0.15) is 44.6 Å². The molecule has 0 saturated heterocycles. The SMILES string of the molecule is CCC1(CC)C(O)CC1c1cnc2ccsc2c1. The third-order valence-corrected chi connectivity index (χ3v) is 5.71. The summed E-state index contributed by atoms with van der Waals surface area (Å²) in [5, 5.41) is 12.2. The highest BCUT2D eigenvalue weighted by Gasteiger charge is 2.52. The summed E-state index contributed by atoms with van der Waals surface area (Å²) in [6, 6.07) is 4.33. The van der Waals surface area contributed by atoms with Crippen LogP contribution in [-0.2, 0) is 0 Å². The molecule has 2 aromatic rings. The zero-order valence-electron chi connectivity index (χ0n) is 10.9. The molecule has 2 nitrogen and oxygen atoms in total. The van der Waals surface area contributed by atoms with Gasteiger partial charge in [0, 0.05) is 11.6 Å². The molecule has 2 unspecified atom stereocenters. The largest absolute Gasteiger partial charge is 0.393 e. The molecule has 0 radical (unpaired) electrons. The van der Waals surface area contributed by atoms with E-state index in [0.29, 0.717) is 5.92 Å². The van der Waals surface area contributed by atoms with Gasteiger partial charge in [-0.25, -0.2) is 0 Å². The van der Waals surface area contributed by atoms with Crippen LogP contribution in [0.4, 0.5) is 0 Å². The van der Waals surface area contributed by atoms with Crippen molar-refractivity contribution in [3.05, 3.63) is 29.3 Å². The summed E-state index contributed by atoms with van der Waals surface area (Å²) in [6.07, 6.45) is 4.83. The summed E-state index contributed by atoms with van der Waals surface area (Å²) < 4.78 is 1.26. The van der Waals surface area contributed by atoms with Crippen molar-refractivity contribution in [2.24, 2.45) is 5.41 Å². The summed E-state index contributed by atoms with van der Waals surface area (Å²) in [6.45, 7) is 4.38. The first-order valence-electron chi connectivity index (χ1n) is 6.72. The highest BCUT2D eigenvalue weighted by atomic mass is 32.1. The Morgan fingerprint density at radius 3 is 2.89 bits per heavy atom. The first-order valence-corrected chi connectivity index (χ1v) is 7.60. The molecule has 0 aromatic carbocycles. The second-order valence-electron chi connectivity index (χ2n) is 5.32. The van der Waals surface area contributed by atoms with E-state index in [1.54, 1.807) is 11.3 Å². The molecule has 18 heavy (non-hydrogen) atoms. The molecule has 1 aliphatic carbocycles. The molecule has 0 amide bonds. The Balaban J connectivity index is 1.99. The van der Waals surface area contributed by atoms with Gasteiger partial charge in [-0.15, -0.1) is 11.3 Å². The summed E-state index contributed by atoms with van der Waals surface area (Å²) in [5.74, 6) is 0.474. The van der Waals surface area contributed by atoms with Gasteiger partial charge in [-0.1, -0.05) is 13.8 Å². The van der Waals surface area contributed by atoms with Crippen LogP contribution in [0.15, 0.2) is 23.7 Å². The van der Waals surface area contributed by atoms with Crippen molar-refractivity contribution in [2.45, 2.75) is 45.1 Å². The van der Waals surface area contributed by atoms with Gasteiger partial charge in [-0.05, 0) is 48.3 Å². The fourth-order valence-electron chi connectivity index (χ4n) is 3.50. The lowest BCUT2D eigenvalue weighted by molar-refractivity contribution is -0.0932. The van der Waals surface area contributed by atoms with Crippen LogP contribution in [0.3, 0.4) is 0 Å². The summed E-state index contributed by atoms with van der Waals surface area (Å²) in [5.41, 5.74) is 2.47. The Morgan fingerprint density at radius 2 is 2.22 bits per heavy atom. The normalized spacial score (nSPS) is 26.2. The molecular formula is C15H19NOS. The van der Waals surface area contributed by atoms with Crippen LogP contribution in [-0.4, -0.2) is 16.2 Å². The van der Waals surface area contributed by atoms with Crippen LogP contribution >= 0.6 is 11.3 Å². The van der Waals surface area contributed by atoms with Gasteiger partial charge in [0.15, 0.2) is 0 Å². The van der Waals surface area contributed by atoms with E-state index in [4.69, 9.17) is 0 Å². The fourth-order valence-corrected chi connectivity index (χ4v) is 4.29. The minimum Gasteiger partial charge on any atom is -0.393 e. The average molecular weight is 261 g/mol. The number of aliphatic hydroxyl groups excluding tert-OH is 1. The quantitative estimate of drug-likeness (QED) is 0.907. The van der Waals surface area contributed by atoms with Gasteiger partial charge in [0.2, 0.25) is 0 Å². The molecule has 3 heteroatoms. The molecule has 0 bridgehead atoms. The second kappa shape index (κ2) is 4.32. The van der Waals surface area contributed by atoms with E-state index in [-0.39, 0.29) is 11.5 Å². The predicted octanol–water partition coefficient (Wildman–Crippen LogP) is 3.95. The molecule has 96 valence electrons. The maximum Gasteiger partial charge on any atom is 0.0809 e. The van der Waals surface area contributed by atoms with Crippen molar-refractivity contribution >= 4 is 21.6 Å². The van der Waals surface area contributed by atoms with Crippen LogP contribution in [0.2, 0.25) is 0 Å². The smallest absolute Gasteiger partial charge is 0.0809 e. The molecule has 2 heterocycles. The lowest BCUT2D eigenvalue weighted by Gasteiger charge is -2.53. The third-order valence-electron chi connectivity index (χ3n) is 4.86. The Labute approximate surface area is 112 Å². The minimum absolute atomic E-state index is 0.0760. The maximum atomic E-state index is 10.1. The number of rotatable bonds is 3. The van der Waals surface area contributed by atoms with Gasteiger partial charge in [-0.3, -0.25) is 4.98 Å². The summed E-state index contributed by atoms with van der Waals surface area (Å²) in [7, 11) is 0. The highest BCUT2D eigenvalue weighted by Crippen LogP contribution is 2.57. The molecule has 0 spiro atoms. The molecule has 2 aromatic heterocycles. The van der Waals surface area contributed by atoms with Crippen molar-refractivity contribution in [1.29, 1.82) is 0 Å². The van der Waals surface area contributed by atoms with Gasteiger partial charge < -0.3 is 5.11 Å². The lowest BCUT2D eigenvalue weighted by Crippen LogP contribution is -2.50. The van der Waals surface area contributed by atoms with Crippen LogP contribution in [0, 0.1) is 5.41 Å². The maximum absolute atomic E-state index is 10.1. The fraction of sp³-hybridized carbons (Fsp3) is 0.533. The molecule has 3 rings (SSSR count). The van der Waals surface area contributed by atoms with Gasteiger partial charge in [-0.2, -0.15) is 0 Å². The number of aromatic nitrogens is 1. The lowest BCUT2D eigenvalue weighted by atomic mass is 9.53. The zero-order valence-corrected chi connectivity index (χ0v) is 11.7. The number of fused-ring (bicyclic) bond motifs is 1. The summed E-state index contributed by atoms with van der Waals surface area (Å²) >= 11 is 1.74. The van der Waals surface area contributed by atoms with Gasteiger partial charge in [0.1, 0.15) is 0 Å². The monoisotopic (exact) mass is 261 g/mol. The topological polar surface area (TPSA) is 33.1 Å². The van der Waals surface area contributed by atoms with E-state index in [1.807, 2.05) is 6.20 Å². The molecule has 2 atom stereocenters. The van der Waals surface area contributed by atoms with Gasteiger partial charge >= 0.3 is 0 Å². The molecule has 1 N–H and O–H groups in total. The molecule has 1 fully saturated rings. The Morgan fingerprint density at radius 1 is 1.44 bits per heavy atom. The van der Waals surface area contributed by atoms with Crippen molar-refractivity contribution in [1.82, 2.24) is 4.98 Å². The van der Waals surface area contributed by atoms with E-state index in [1.165, 1.54) is 10.3 Å². The molecular weight excluding hydrogens is 242 g/mol. The Kier molecular flexibility index (Phi) is 2.91. The number of hydrogen-bond acceptors (Lipinski definition) is 3. The number of nitrogens with zero attached hydrogens (tertiary/aromatic N) is 1. The highest BCUT2D eigenvalue weighted by molar-refractivity contribution is 7.17. The van der Waals surface area contributed by atoms with E-state index in [0.717, 1.165) is 24.8 Å². The second-order valence-corrected chi connectivity index (χ2v) is 6.26. The van der Waals surface area contributed by atoms with E-state index in [2.05, 4.69) is 36.3 Å². The van der Waals surface area contributed by atoms with Crippen molar-refractivity contribution < 1.29 is 5.11 Å². The first kappa shape index (κ1) is 12.1. The molecule has 0 aliphatic heterocycles. The third kappa shape index (κ3) is 1.54. The van der Waals surface area contributed by atoms with E-state index >= 15 is 0 Å². The Hall–Kier alpha value is -0.930. The number of aliphatic hydroxyl groups is 1. The van der Waals surface area contributed by atoms with Gasteiger partial charge in [0.05, 0.1) is 16.3 Å². The standard InChI is InChI=1S/C15H19NOS/c1-3-15(4-2)11(8-14(15)17)10-7-13-12(16-9-10)5-6-18-13/h5-7,9,11,14,17H,3-4,8H2,1-2H3. The minimum atomic E-state index is -0.142. The first-order chi connectivity index (χ1) is 8.71.